The first-order valence-electron chi connectivity index (χ1n) is 27.4. The highest BCUT2D eigenvalue weighted by atomic mass is 16.5. The molecule has 2 aliphatic heterocycles. The van der Waals surface area contributed by atoms with Crippen LogP contribution in [0.15, 0.2) is 60.7 Å². The number of esters is 2. The summed E-state index contributed by atoms with van der Waals surface area (Å²) in [6, 6.07) is 13.7. The molecule has 4 atom stereocenters. The Morgan fingerprint density at radius 1 is 0.797 bits per heavy atom. The first-order chi connectivity index (χ1) is 35.5. The van der Waals surface area contributed by atoms with Crippen molar-refractivity contribution in [1.82, 2.24) is 25.3 Å². The Balaban J connectivity index is 1.32. The second kappa shape index (κ2) is 26.8. The number of aromatic amines is 2. The number of rotatable bonds is 25. The highest BCUT2D eigenvalue weighted by Gasteiger charge is 2.36. The number of carbonyl (C=O) groups excluding carboxylic acids is 3. The lowest BCUT2D eigenvalue weighted by atomic mass is 9.84. The Morgan fingerprint density at radius 2 is 1.46 bits per heavy atom. The number of methoxy groups -OCH3 is 2. The lowest BCUT2D eigenvalue weighted by Gasteiger charge is -2.19. The minimum atomic E-state index is -0.501. The van der Waals surface area contributed by atoms with Crippen LogP contribution in [-0.4, -0.2) is 58.6 Å². The van der Waals surface area contributed by atoms with Crippen LogP contribution in [0.4, 0.5) is 0 Å². The molecular formula is C63H85N5O6. The molecule has 0 saturated heterocycles. The average molecular weight is 1010 g/mol. The van der Waals surface area contributed by atoms with Crippen molar-refractivity contribution in [2.45, 2.75) is 171 Å². The van der Waals surface area contributed by atoms with E-state index >= 15 is 0 Å². The fourth-order valence-corrected chi connectivity index (χ4v) is 10.8. The van der Waals surface area contributed by atoms with Crippen molar-refractivity contribution in [1.29, 1.82) is 0 Å². The number of H-pyrrole nitrogens is 2. The van der Waals surface area contributed by atoms with Crippen LogP contribution in [0.3, 0.4) is 0 Å². The highest BCUT2D eigenvalue weighted by molar-refractivity contribution is 6.27. The van der Waals surface area contributed by atoms with Gasteiger partial charge in [0, 0.05) is 63.7 Å². The van der Waals surface area contributed by atoms with Crippen molar-refractivity contribution in [3.05, 3.63) is 117 Å². The van der Waals surface area contributed by atoms with Gasteiger partial charge in [0.1, 0.15) is 12.4 Å². The maximum absolute atomic E-state index is 14.7. The Bertz CT molecular complexity index is 2860. The van der Waals surface area contributed by atoms with Gasteiger partial charge < -0.3 is 29.5 Å². The zero-order valence-electron chi connectivity index (χ0n) is 46.7. The molecule has 74 heavy (non-hydrogen) atoms. The quantitative estimate of drug-likeness (QED) is 0.0439. The number of nitrogens with one attached hydrogen (secondary N) is 3. The van der Waals surface area contributed by atoms with Crippen LogP contribution in [0, 0.1) is 31.6 Å². The van der Waals surface area contributed by atoms with Crippen molar-refractivity contribution >= 4 is 57.1 Å². The molecule has 5 heterocycles. The van der Waals surface area contributed by atoms with Gasteiger partial charge in [-0.15, -0.1) is 0 Å². The molecule has 1 aromatic carbocycles. The number of hydrogen-bond acceptors (Lipinski definition) is 8. The molecule has 11 heteroatoms. The maximum Gasteiger partial charge on any atom is 0.310 e. The molecular weight excluding hydrogens is 923 g/mol. The lowest BCUT2D eigenvalue weighted by molar-refractivity contribution is -0.143. The number of amides is 1. The number of fused-ring (bicyclic) bond motifs is 8. The summed E-state index contributed by atoms with van der Waals surface area (Å²) >= 11 is 0. The topological polar surface area (TPSA) is 148 Å². The molecule has 0 aliphatic carbocycles. The second-order valence-electron chi connectivity index (χ2n) is 21.6. The highest BCUT2D eigenvalue weighted by Crippen LogP contribution is 2.44. The summed E-state index contributed by atoms with van der Waals surface area (Å²) in [5, 5.41) is 3.14. The van der Waals surface area contributed by atoms with Gasteiger partial charge >= 0.3 is 11.9 Å². The zero-order chi connectivity index (χ0) is 53.6. The smallest absolute Gasteiger partial charge is 0.310 e. The third kappa shape index (κ3) is 14.5. The number of aromatic nitrogens is 4. The molecule has 8 bridgehead atoms. The normalized spacial score (nSPS) is 15.6. The van der Waals surface area contributed by atoms with Crippen LogP contribution in [0.2, 0.25) is 0 Å². The van der Waals surface area contributed by atoms with E-state index in [0.717, 1.165) is 92.4 Å². The van der Waals surface area contributed by atoms with Gasteiger partial charge in [-0.25, -0.2) is 4.98 Å². The summed E-state index contributed by atoms with van der Waals surface area (Å²) < 4.78 is 16.6. The molecule has 0 fully saturated rings. The van der Waals surface area contributed by atoms with Gasteiger partial charge in [-0.2, -0.15) is 0 Å². The number of allylic oxidation sites excluding steroid dienone is 2. The van der Waals surface area contributed by atoms with E-state index in [1.807, 2.05) is 49.4 Å². The third-order valence-corrected chi connectivity index (χ3v) is 15.6. The predicted molar refractivity (Wildman–Crippen MR) is 303 cm³/mol. The van der Waals surface area contributed by atoms with Crippen molar-refractivity contribution in [3.8, 4) is 5.75 Å². The zero-order valence-corrected chi connectivity index (χ0v) is 46.7. The van der Waals surface area contributed by atoms with Crippen LogP contribution in [0.1, 0.15) is 194 Å². The van der Waals surface area contributed by atoms with Crippen LogP contribution in [-0.2, 0) is 43.2 Å². The first kappa shape index (κ1) is 57.1. The Kier molecular flexibility index (Phi) is 20.7. The molecule has 4 unspecified atom stereocenters. The van der Waals surface area contributed by atoms with Gasteiger partial charge in [0.2, 0.25) is 0 Å². The minimum Gasteiger partial charge on any atom is -0.497 e. The van der Waals surface area contributed by atoms with E-state index in [4.69, 9.17) is 24.2 Å². The average Bonchev–Trinajstić information content (AvgIpc) is 4.06. The predicted octanol–water partition coefficient (Wildman–Crippen LogP) is 14.7. The fraction of sp³-hybridized carbons (Fsp3) is 0.508. The molecule has 398 valence electrons. The molecule has 0 saturated carbocycles. The van der Waals surface area contributed by atoms with Crippen molar-refractivity contribution < 1.29 is 28.6 Å². The standard InChI is InChI=1S/C63H85N5O6/c1-14-48-42(8)52-34-54-44(10)50(29-30-58(69)74-32-31-41(7)24-18-23-40(6)22-17-21-39(5)20-16-19-38(3)4)61(67-54)51(33-59(70)73-13)62-60(63(71)64-37-46-25-27-47(72-12)28-26-46)45(11)55(68-62)36-57-49(15-2)43(9)53(66-57)35-56(48)65-52/h14,25-28,31,34-36,38-40,44,50,65-66H,1,15-24,29-30,32-33,37H2,2-13H3,(H,64,71). The second-order valence-corrected chi connectivity index (χ2v) is 21.6. The summed E-state index contributed by atoms with van der Waals surface area (Å²) in [5.74, 6) is 1.34. The number of nitrogens with zero attached hydrogens (tertiary/aromatic N) is 2. The van der Waals surface area contributed by atoms with Crippen LogP contribution < -0.4 is 10.1 Å². The van der Waals surface area contributed by atoms with Crippen molar-refractivity contribution in [2.24, 2.45) is 17.8 Å². The summed E-state index contributed by atoms with van der Waals surface area (Å²) in [6.45, 7) is 26.5. The summed E-state index contributed by atoms with van der Waals surface area (Å²) in [6.07, 6.45) is 16.2. The van der Waals surface area contributed by atoms with Crippen molar-refractivity contribution in [2.75, 3.05) is 20.8 Å². The first-order valence-corrected chi connectivity index (χ1v) is 27.4. The Labute approximate surface area is 441 Å². The maximum atomic E-state index is 14.7. The van der Waals surface area contributed by atoms with Crippen molar-refractivity contribution in [3.63, 3.8) is 0 Å². The van der Waals surface area contributed by atoms with Crippen LogP contribution in [0.25, 0.3) is 39.3 Å². The lowest BCUT2D eigenvalue weighted by Crippen LogP contribution is -2.25. The molecule has 0 radical (unpaired) electrons. The summed E-state index contributed by atoms with van der Waals surface area (Å²) in [4.78, 5) is 60.0. The van der Waals surface area contributed by atoms with Gasteiger partial charge in [0.05, 0.1) is 43.3 Å². The number of carbonyl (C=O) groups is 3. The van der Waals surface area contributed by atoms with E-state index in [2.05, 4.69) is 96.3 Å². The van der Waals surface area contributed by atoms with Gasteiger partial charge in [0.25, 0.3) is 5.91 Å². The van der Waals surface area contributed by atoms with Gasteiger partial charge in [0.15, 0.2) is 0 Å². The third-order valence-electron chi connectivity index (χ3n) is 15.6. The number of hydrogen-bond donors (Lipinski definition) is 3. The van der Waals surface area contributed by atoms with E-state index in [1.54, 1.807) is 7.11 Å². The SMILES string of the molecule is C=Cc1c(C)c2cc3nc(c(CC(=O)OC)c4nc(cc5[nH]c(cc1[nH]2)c(C)c5CC)C(C)=C4C(=O)NCc1ccc(OC)cc1)C(CCC(=O)OCC=C(C)CCCC(C)CCCC(C)CCCC(C)C)C3C. The Morgan fingerprint density at radius 3 is 2.11 bits per heavy atom. The van der Waals surface area contributed by atoms with Gasteiger partial charge in [-0.05, 0) is 135 Å². The molecule has 0 spiro atoms. The number of aryl methyl sites for hydroxylation is 3. The molecule has 3 aromatic heterocycles. The fourth-order valence-electron chi connectivity index (χ4n) is 10.8. The van der Waals surface area contributed by atoms with E-state index in [1.165, 1.54) is 57.6 Å². The monoisotopic (exact) mass is 1010 g/mol. The molecule has 1 amide bonds. The van der Waals surface area contributed by atoms with E-state index < -0.39 is 5.97 Å². The Hall–Kier alpha value is -6.23. The number of benzene rings is 1. The van der Waals surface area contributed by atoms with Crippen LogP contribution >= 0.6 is 0 Å². The molecule has 2 aliphatic rings. The van der Waals surface area contributed by atoms with Crippen LogP contribution in [0.5, 0.6) is 5.75 Å². The molecule has 6 rings (SSSR count). The van der Waals surface area contributed by atoms with E-state index in [0.29, 0.717) is 46.1 Å². The van der Waals surface area contributed by atoms with Gasteiger partial charge in [-0.3, -0.25) is 19.4 Å². The summed E-state index contributed by atoms with van der Waals surface area (Å²) in [5.41, 5.74) is 13.7. The van der Waals surface area contributed by atoms with E-state index in [9.17, 15) is 14.4 Å². The summed E-state index contributed by atoms with van der Waals surface area (Å²) in [7, 11) is 2.97. The van der Waals surface area contributed by atoms with E-state index in [-0.39, 0.29) is 49.7 Å². The minimum absolute atomic E-state index is 0.130. The molecule has 11 nitrogen and oxygen atoms in total. The molecule has 4 aromatic rings. The van der Waals surface area contributed by atoms with Gasteiger partial charge in [-0.1, -0.05) is 117 Å². The number of ether oxygens (including phenoxy) is 3. The largest absolute Gasteiger partial charge is 0.497 e. The molecule has 3 N–H and O–H groups in total.